The fraction of sp³-hybridized carbons (Fsp3) is 0. The average molecular weight is 109 g/mol. The van der Waals surface area contributed by atoms with Gasteiger partial charge in [0.05, 0.1) is 0 Å². The Balaban J connectivity index is 0. The molecular weight excluding hydrogens is 106 g/mol. The fourth-order valence-corrected chi connectivity index (χ4v) is 0.0250. The van der Waals surface area contributed by atoms with Crippen molar-refractivity contribution in [3.8, 4) is 18.6 Å². The van der Waals surface area contributed by atoms with Crippen molar-refractivity contribution in [3.05, 3.63) is 0 Å². The molecule has 0 atom stereocenters. The van der Waals surface area contributed by atoms with E-state index in [-0.39, 0.29) is 0 Å². The molecule has 0 aliphatic carbocycles. The summed E-state index contributed by atoms with van der Waals surface area (Å²) < 4.78 is 0. The lowest BCUT2D eigenvalue weighted by molar-refractivity contribution is 1.20. The lowest BCUT2D eigenvalue weighted by Crippen LogP contribution is -1.88. The zero-order valence-electron chi connectivity index (χ0n) is 3.92. The van der Waals surface area contributed by atoms with Gasteiger partial charge in [0.1, 0.15) is 0 Å². The Bertz CT molecular complexity index is 129. The molecule has 0 aliphatic rings. The molecule has 5 nitrogen and oxygen atoms in total. The maximum absolute atomic E-state index is 7.48. The lowest BCUT2D eigenvalue weighted by atomic mass is 11.2. The molecule has 0 saturated heterocycles. The Hall–Kier alpha value is -1.93. The normalized spacial score (nSPS) is 3.12. The number of hydrogen-bond donors (Lipinski definition) is 2. The second-order valence-corrected chi connectivity index (χ2v) is 0.478. The zero-order valence-corrected chi connectivity index (χ0v) is 3.92. The number of rotatable bonds is 0. The smallest absolute Gasteiger partial charge is 0.190 e. The predicted octanol–water partition coefficient (Wildman–Crippen LogP) is -1.04. The van der Waals surface area contributed by atoms with Crippen molar-refractivity contribution in [1.82, 2.24) is 5.32 Å². The van der Waals surface area contributed by atoms with Crippen LogP contribution in [0.25, 0.3) is 0 Å². The molecule has 0 aromatic heterocycles. The minimum Gasteiger partial charge on any atom is -0.337 e. The van der Waals surface area contributed by atoms with Crippen LogP contribution < -0.4 is 11.1 Å². The van der Waals surface area contributed by atoms with Crippen LogP contribution in [0.2, 0.25) is 0 Å². The van der Waals surface area contributed by atoms with Gasteiger partial charge in [-0.25, -0.2) is 5.32 Å². The van der Waals surface area contributed by atoms with Gasteiger partial charge in [0.2, 0.25) is 0 Å². The number of hydrogen-bond acceptors (Lipinski definition) is 5. The topological polar surface area (TPSA) is 109 Å². The van der Waals surface area contributed by atoms with Gasteiger partial charge >= 0.3 is 0 Å². The number of nitrogens with one attached hydrogen (secondary N) is 1. The van der Waals surface area contributed by atoms with E-state index in [0.29, 0.717) is 0 Å². The predicted molar refractivity (Wildman–Crippen MR) is 24.2 cm³/mol. The number of nitriles is 3. The number of nitrogens with zero attached hydrogens (tertiary/aromatic N) is 3. The highest BCUT2D eigenvalue weighted by Crippen LogP contribution is 1.28. The highest BCUT2D eigenvalue weighted by molar-refractivity contribution is 4.77. The van der Waals surface area contributed by atoms with E-state index < -0.39 is 0 Å². The average Bonchev–Trinajstić information content (AvgIpc) is 1.71. The molecule has 0 amide bonds. The quantitative estimate of drug-likeness (QED) is 0.305. The summed E-state index contributed by atoms with van der Waals surface area (Å²) in [6.45, 7) is 0. The van der Waals surface area contributed by atoms with Crippen LogP contribution in [-0.2, 0) is 0 Å². The van der Waals surface area contributed by atoms with Crippen LogP contribution in [0.5, 0.6) is 0 Å². The van der Waals surface area contributed by atoms with Crippen LogP contribution in [0.3, 0.4) is 0 Å². The third-order valence-corrected chi connectivity index (χ3v) is 0.112. The summed E-state index contributed by atoms with van der Waals surface area (Å²) in [6.07, 6.45) is 4.06. The van der Waals surface area contributed by atoms with E-state index in [1.165, 1.54) is 18.6 Å². The zero-order chi connectivity index (χ0) is 6.83. The summed E-state index contributed by atoms with van der Waals surface area (Å²) in [5, 5.41) is 23.8. The van der Waals surface area contributed by atoms with Gasteiger partial charge in [-0.05, 0) is 0 Å². The van der Waals surface area contributed by atoms with Crippen molar-refractivity contribution in [3.63, 3.8) is 0 Å². The molecule has 40 valence electrons. The van der Waals surface area contributed by atoms with E-state index in [4.69, 9.17) is 15.8 Å². The van der Waals surface area contributed by atoms with Crippen LogP contribution >= 0.6 is 0 Å². The number of nitrogens with two attached hydrogens (primary N) is 1. The molecule has 5 heteroatoms. The Morgan fingerprint density at radius 2 is 1.38 bits per heavy atom. The summed E-state index contributed by atoms with van der Waals surface area (Å²) in [5.74, 6) is 0. The SMILES string of the molecule is N#CN.N#CNC#N. The molecule has 0 heterocycles. The van der Waals surface area contributed by atoms with Crippen LogP contribution in [0.4, 0.5) is 0 Å². The highest BCUT2D eigenvalue weighted by atomic mass is 14.8. The first-order chi connectivity index (χ1) is 3.83. The van der Waals surface area contributed by atoms with Gasteiger partial charge in [0, 0.05) is 0 Å². The molecule has 0 radical (unpaired) electrons. The van der Waals surface area contributed by atoms with Gasteiger partial charge in [-0.2, -0.15) is 15.8 Å². The minimum atomic E-state index is 1.25. The molecule has 0 aromatic carbocycles. The monoisotopic (exact) mass is 109 g/mol. The van der Waals surface area contributed by atoms with Crippen molar-refractivity contribution in [2.75, 3.05) is 0 Å². The van der Waals surface area contributed by atoms with Gasteiger partial charge in [-0.15, -0.1) is 0 Å². The Morgan fingerprint density at radius 1 is 1.12 bits per heavy atom. The maximum Gasteiger partial charge on any atom is 0.190 e. The van der Waals surface area contributed by atoms with Crippen LogP contribution in [0.1, 0.15) is 0 Å². The van der Waals surface area contributed by atoms with Crippen molar-refractivity contribution in [2.45, 2.75) is 0 Å². The van der Waals surface area contributed by atoms with Crippen LogP contribution in [0.15, 0.2) is 0 Å². The van der Waals surface area contributed by atoms with Crippen molar-refractivity contribution in [1.29, 1.82) is 15.8 Å². The Labute approximate surface area is 46.5 Å². The summed E-state index contributed by atoms with van der Waals surface area (Å²) in [5.41, 5.74) is 4.15. The molecule has 0 spiro atoms. The van der Waals surface area contributed by atoms with Crippen LogP contribution in [-0.4, -0.2) is 0 Å². The summed E-state index contributed by atoms with van der Waals surface area (Å²) in [6, 6.07) is 0. The fourth-order valence-electron chi connectivity index (χ4n) is 0.0250. The van der Waals surface area contributed by atoms with Gasteiger partial charge < -0.3 is 5.73 Å². The summed E-state index contributed by atoms with van der Waals surface area (Å²) >= 11 is 0. The summed E-state index contributed by atoms with van der Waals surface area (Å²) in [4.78, 5) is 0. The third kappa shape index (κ3) is 7830. The van der Waals surface area contributed by atoms with E-state index in [1.807, 2.05) is 0 Å². The van der Waals surface area contributed by atoms with Crippen molar-refractivity contribution in [2.24, 2.45) is 5.73 Å². The van der Waals surface area contributed by atoms with Crippen molar-refractivity contribution < 1.29 is 0 Å². The molecule has 3 N–H and O–H groups in total. The second kappa shape index (κ2) is 19.6. The van der Waals surface area contributed by atoms with E-state index >= 15 is 0 Å². The van der Waals surface area contributed by atoms with E-state index in [2.05, 4.69) is 5.73 Å². The molecule has 0 saturated carbocycles. The Morgan fingerprint density at radius 3 is 1.38 bits per heavy atom. The molecule has 8 heavy (non-hydrogen) atoms. The maximum atomic E-state index is 7.48. The molecule has 0 aromatic rings. The Kier molecular flexibility index (Phi) is 23.1. The van der Waals surface area contributed by atoms with Gasteiger partial charge in [0.25, 0.3) is 0 Å². The highest BCUT2D eigenvalue weighted by Gasteiger charge is 1.53. The first-order valence-corrected chi connectivity index (χ1v) is 1.46. The first-order valence-electron chi connectivity index (χ1n) is 1.46. The second-order valence-electron chi connectivity index (χ2n) is 0.478. The molecular formula is C3H3N5. The standard InChI is InChI=1S/C2HN3.CH2N2/c3-1-5-2-4;2-1-3/h5H;2H2. The minimum absolute atomic E-state index is 1.25. The molecule has 0 aliphatic heterocycles. The van der Waals surface area contributed by atoms with Crippen molar-refractivity contribution >= 4 is 0 Å². The lowest BCUT2D eigenvalue weighted by Gasteiger charge is -1.56. The van der Waals surface area contributed by atoms with E-state index in [1.54, 1.807) is 5.32 Å². The molecule has 0 rings (SSSR count). The van der Waals surface area contributed by atoms with Gasteiger partial charge in [0.15, 0.2) is 18.6 Å². The van der Waals surface area contributed by atoms with E-state index in [9.17, 15) is 0 Å². The van der Waals surface area contributed by atoms with E-state index in [0.717, 1.165) is 0 Å². The van der Waals surface area contributed by atoms with Gasteiger partial charge in [-0.3, -0.25) is 0 Å². The molecule has 0 unspecified atom stereocenters. The van der Waals surface area contributed by atoms with Crippen LogP contribution in [0, 0.1) is 34.4 Å². The third-order valence-electron chi connectivity index (χ3n) is 0.112. The van der Waals surface area contributed by atoms with Gasteiger partial charge in [-0.1, -0.05) is 0 Å². The first kappa shape index (κ1) is 9.42. The molecule has 0 bridgehead atoms. The summed E-state index contributed by atoms with van der Waals surface area (Å²) in [7, 11) is 0. The molecule has 0 fully saturated rings. The largest absolute Gasteiger partial charge is 0.337 e.